The van der Waals surface area contributed by atoms with Gasteiger partial charge in [0.1, 0.15) is 5.75 Å². The van der Waals surface area contributed by atoms with Gasteiger partial charge in [-0.1, -0.05) is 32.9 Å². The molecule has 2 rings (SSSR count). The Bertz CT molecular complexity index is 639. The predicted octanol–water partition coefficient (Wildman–Crippen LogP) is 2.55. The van der Waals surface area contributed by atoms with Gasteiger partial charge in [0.05, 0.1) is 6.54 Å². The van der Waals surface area contributed by atoms with Crippen LogP contribution < -0.4 is 10.1 Å². The summed E-state index contributed by atoms with van der Waals surface area (Å²) < 4.78 is 5.76. The average molecular weight is 362 g/mol. The van der Waals surface area contributed by atoms with E-state index in [9.17, 15) is 9.59 Å². The van der Waals surface area contributed by atoms with Crippen molar-refractivity contribution in [3.05, 3.63) is 29.3 Å². The maximum atomic E-state index is 12.2. The van der Waals surface area contributed by atoms with Gasteiger partial charge in [0.25, 0.3) is 5.91 Å². The van der Waals surface area contributed by atoms with E-state index in [1.54, 1.807) is 0 Å². The molecular formula is C20H30N2O4. The minimum absolute atomic E-state index is 0.00302. The van der Waals surface area contributed by atoms with Gasteiger partial charge < -0.3 is 15.2 Å². The van der Waals surface area contributed by atoms with Crippen LogP contribution in [0.1, 0.15) is 50.7 Å². The molecule has 1 amide bonds. The molecule has 0 saturated heterocycles. The van der Waals surface area contributed by atoms with Crippen LogP contribution in [0.5, 0.6) is 5.75 Å². The van der Waals surface area contributed by atoms with E-state index in [0.717, 1.165) is 29.7 Å². The minimum Gasteiger partial charge on any atom is -0.483 e. The van der Waals surface area contributed by atoms with Crippen molar-refractivity contribution in [1.29, 1.82) is 0 Å². The van der Waals surface area contributed by atoms with Crippen LogP contribution in [0.3, 0.4) is 0 Å². The van der Waals surface area contributed by atoms with Gasteiger partial charge >= 0.3 is 5.97 Å². The largest absolute Gasteiger partial charge is 0.483 e. The van der Waals surface area contributed by atoms with Crippen LogP contribution in [-0.4, -0.2) is 53.7 Å². The van der Waals surface area contributed by atoms with E-state index in [4.69, 9.17) is 9.84 Å². The van der Waals surface area contributed by atoms with Crippen LogP contribution in [0, 0.1) is 6.92 Å². The molecule has 0 aromatic heterocycles. The first-order valence-electron chi connectivity index (χ1n) is 9.28. The van der Waals surface area contributed by atoms with E-state index < -0.39 is 5.97 Å². The van der Waals surface area contributed by atoms with Gasteiger partial charge in [-0.15, -0.1) is 0 Å². The second-order valence-electron chi connectivity index (χ2n) is 7.33. The molecule has 26 heavy (non-hydrogen) atoms. The molecule has 1 aliphatic carbocycles. The highest BCUT2D eigenvalue weighted by atomic mass is 16.5. The van der Waals surface area contributed by atoms with Gasteiger partial charge in [-0.05, 0) is 49.4 Å². The van der Waals surface area contributed by atoms with E-state index in [2.05, 4.69) is 19.2 Å². The number of hydrogen-bond donors (Lipinski definition) is 2. The highest BCUT2D eigenvalue weighted by Crippen LogP contribution is 2.28. The summed E-state index contributed by atoms with van der Waals surface area (Å²) in [5, 5.41) is 11.9. The molecule has 144 valence electrons. The first-order chi connectivity index (χ1) is 12.3. The molecule has 0 heterocycles. The third kappa shape index (κ3) is 5.46. The lowest BCUT2D eigenvalue weighted by atomic mass is 9.85. The summed E-state index contributed by atoms with van der Waals surface area (Å²) in [6.45, 7) is 8.91. The highest BCUT2D eigenvalue weighted by Gasteiger charge is 2.34. The summed E-state index contributed by atoms with van der Waals surface area (Å²) in [5.41, 5.74) is 2.20. The quantitative estimate of drug-likeness (QED) is 0.706. The maximum absolute atomic E-state index is 12.2. The summed E-state index contributed by atoms with van der Waals surface area (Å²) in [5.74, 6) is 0.147. The molecule has 0 bridgehead atoms. The van der Waals surface area contributed by atoms with E-state index in [-0.39, 0.29) is 31.1 Å². The van der Waals surface area contributed by atoms with Gasteiger partial charge in [-0.25, -0.2) is 0 Å². The van der Waals surface area contributed by atoms with E-state index in [1.807, 2.05) is 36.9 Å². The second kappa shape index (κ2) is 9.03. The van der Waals surface area contributed by atoms with Crippen LogP contribution in [0.15, 0.2) is 18.2 Å². The zero-order valence-corrected chi connectivity index (χ0v) is 16.1. The second-order valence-corrected chi connectivity index (χ2v) is 7.33. The third-order valence-corrected chi connectivity index (χ3v) is 4.89. The van der Waals surface area contributed by atoms with E-state index >= 15 is 0 Å². The number of benzene rings is 1. The van der Waals surface area contributed by atoms with Crippen molar-refractivity contribution in [3.63, 3.8) is 0 Å². The molecule has 0 radical (unpaired) electrons. The number of rotatable bonds is 9. The lowest BCUT2D eigenvalue weighted by Gasteiger charge is -2.42. The molecule has 2 N–H and O–H groups in total. The number of carboxylic acid groups (broad SMARTS) is 1. The van der Waals surface area contributed by atoms with E-state index in [1.165, 1.54) is 0 Å². The van der Waals surface area contributed by atoms with Crippen molar-refractivity contribution in [3.8, 4) is 5.75 Å². The standard InChI is InChI=1S/C20H30N2O4/c1-5-22(11-20(24)25)16-9-15(10-16)21-19(23)12-26-18-8-14(4)6-7-17(18)13(2)3/h6-8,13,15-16H,5,9-12H2,1-4H3,(H,21,23)(H,24,25). The Hall–Kier alpha value is -2.08. The topological polar surface area (TPSA) is 78.9 Å². The number of carboxylic acids is 1. The van der Waals surface area contributed by atoms with Crippen LogP contribution in [0.2, 0.25) is 0 Å². The van der Waals surface area contributed by atoms with Gasteiger partial charge in [-0.2, -0.15) is 0 Å². The summed E-state index contributed by atoms with van der Waals surface area (Å²) in [7, 11) is 0. The lowest BCUT2D eigenvalue weighted by molar-refractivity contribution is -0.139. The number of nitrogens with zero attached hydrogens (tertiary/aromatic N) is 1. The fraction of sp³-hybridized carbons (Fsp3) is 0.600. The smallest absolute Gasteiger partial charge is 0.317 e. The first-order valence-corrected chi connectivity index (χ1v) is 9.28. The molecule has 1 aromatic carbocycles. The number of carbonyl (C=O) groups excluding carboxylic acids is 1. The van der Waals surface area contributed by atoms with Gasteiger partial charge in [0, 0.05) is 12.1 Å². The van der Waals surface area contributed by atoms with Crippen LogP contribution in [0.4, 0.5) is 0 Å². The Labute approximate surface area is 155 Å². The van der Waals surface area contributed by atoms with Gasteiger partial charge in [0.15, 0.2) is 6.61 Å². The zero-order valence-electron chi connectivity index (χ0n) is 16.1. The zero-order chi connectivity index (χ0) is 19.3. The number of carbonyl (C=O) groups is 2. The fourth-order valence-corrected chi connectivity index (χ4v) is 3.33. The molecule has 0 spiro atoms. The van der Waals surface area contributed by atoms with Crippen molar-refractivity contribution in [2.75, 3.05) is 19.7 Å². The normalized spacial score (nSPS) is 19.3. The summed E-state index contributed by atoms with van der Waals surface area (Å²) >= 11 is 0. The molecule has 6 nitrogen and oxygen atoms in total. The van der Waals surface area contributed by atoms with Crippen molar-refractivity contribution < 1.29 is 19.4 Å². The van der Waals surface area contributed by atoms with Gasteiger partial charge in [0.2, 0.25) is 0 Å². The molecule has 0 aliphatic heterocycles. The number of amides is 1. The summed E-state index contributed by atoms with van der Waals surface area (Å²) in [4.78, 5) is 25.0. The highest BCUT2D eigenvalue weighted by molar-refractivity contribution is 5.78. The Morgan fingerprint density at radius 1 is 1.35 bits per heavy atom. The molecule has 0 atom stereocenters. The molecule has 6 heteroatoms. The van der Waals surface area contributed by atoms with Crippen molar-refractivity contribution in [2.45, 2.75) is 58.5 Å². The Morgan fingerprint density at radius 3 is 2.62 bits per heavy atom. The Balaban J connectivity index is 1.79. The van der Waals surface area contributed by atoms with Crippen LogP contribution >= 0.6 is 0 Å². The first kappa shape index (κ1) is 20.2. The molecular weight excluding hydrogens is 332 g/mol. The molecule has 0 unspecified atom stereocenters. The number of aliphatic carboxylic acids is 1. The van der Waals surface area contributed by atoms with Crippen molar-refractivity contribution in [1.82, 2.24) is 10.2 Å². The Morgan fingerprint density at radius 2 is 2.04 bits per heavy atom. The number of ether oxygens (including phenoxy) is 1. The van der Waals surface area contributed by atoms with Crippen LogP contribution in [0.25, 0.3) is 0 Å². The predicted molar refractivity (Wildman–Crippen MR) is 101 cm³/mol. The molecule has 1 aromatic rings. The maximum Gasteiger partial charge on any atom is 0.317 e. The summed E-state index contributed by atoms with van der Waals surface area (Å²) in [6, 6.07) is 6.39. The van der Waals surface area contributed by atoms with Crippen LogP contribution in [-0.2, 0) is 9.59 Å². The third-order valence-electron chi connectivity index (χ3n) is 4.89. The summed E-state index contributed by atoms with van der Waals surface area (Å²) in [6.07, 6.45) is 1.57. The number of hydrogen-bond acceptors (Lipinski definition) is 4. The fourth-order valence-electron chi connectivity index (χ4n) is 3.33. The van der Waals surface area contributed by atoms with E-state index in [0.29, 0.717) is 12.5 Å². The minimum atomic E-state index is -0.813. The molecule has 1 fully saturated rings. The number of aryl methyl sites for hydroxylation is 1. The number of nitrogens with one attached hydrogen (secondary N) is 1. The van der Waals surface area contributed by atoms with Crippen molar-refractivity contribution >= 4 is 11.9 Å². The monoisotopic (exact) mass is 362 g/mol. The SMILES string of the molecule is CCN(CC(=O)O)C1CC(NC(=O)COc2cc(C)ccc2C(C)C)C1. The lowest BCUT2D eigenvalue weighted by Crippen LogP contribution is -2.55. The van der Waals surface area contributed by atoms with Gasteiger partial charge in [-0.3, -0.25) is 14.5 Å². The average Bonchev–Trinajstić information content (AvgIpc) is 2.53. The Kier molecular flexibility index (Phi) is 7.03. The molecule has 1 aliphatic rings. The van der Waals surface area contributed by atoms with Crippen molar-refractivity contribution in [2.24, 2.45) is 0 Å². The number of likely N-dealkylation sites (N-methyl/N-ethyl adjacent to an activating group) is 1. The molecule has 1 saturated carbocycles.